The van der Waals surface area contributed by atoms with E-state index in [1.165, 1.54) is 6.07 Å². The number of nitrogen functional groups attached to an aromatic ring is 1. The molecule has 92 valence electrons. The van der Waals surface area contributed by atoms with Gasteiger partial charge in [0.25, 0.3) is 0 Å². The van der Waals surface area contributed by atoms with Gasteiger partial charge in [0.05, 0.1) is 4.92 Å². The van der Waals surface area contributed by atoms with Crippen LogP contribution < -0.4 is 5.73 Å². The van der Waals surface area contributed by atoms with Crippen molar-refractivity contribution in [3.63, 3.8) is 0 Å². The Morgan fingerprint density at radius 3 is 2.78 bits per heavy atom. The Hall–Kier alpha value is -2.50. The van der Waals surface area contributed by atoms with Crippen molar-refractivity contribution in [2.24, 2.45) is 0 Å². The quantitative estimate of drug-likeness (QED) is 0.656. The molecule has 2 rings (SSSR count). The van der Waals surface area contributed by atoms with Gasteiger partial charge in [-0.3, -0.25) is 15.1 Å². The number of aryl methyl sites for hydroxylation is 1. The molecule has 18 heavy (non-hydrogen) atoms. The average Bonchev–Trinajstić information content (AvgIpc) is 2.28. The molecule has 0 aliphatic carbocycles. The van der Waals surface area contributed by atoms with E-state index in [9.17, 15) is 10.1 Å². The van der Waals surface area contributed by atoms with Crippen molar-refractivity contribution in [1.29, 1.82) is 0 Å². The fourth-order valence-electron chi connectivity index (χ4n) is 1.69. The van der Waals surface area contributed by atoms with Crippen LogP contribution in [0.25, 0.3) is 0 Å². The summed E-state index contributed by atoms with van der Waals surface area (Å²) in [5.74, 6) is -0.0525. The Kier molecular flexibility index (Phi) is 3.18. The molecule has 0 atom stereocenters. The molecule has 2 aromatic rings. The standard InChI is InChI=1S/C12H12N4O2/c1-8-6-9(4-5-14-8)7-10-2-3-11(16(17)18)12(13)15-10/h2-6H,7H2,1H3,(H2,13,15). The minimum Gasteiger partial charge on any atom is -0.378 e. The Labute approximate surface area is 104 Å². The van der Waals surface area contributed by atoms with Gasteiger partial charge < -0.3 is 5.73 Å². The Morgan fingerprint density at radius 2 is 2.17 bits per heavy atom. The van der Waals surface area contributed by atoms with E-state index in [1.54, 1.807) is 12.3 Å². The third-order valence-electron chi connectivity index (χ3n) is 2.50. The highest BCUT2D eigenvalue weighted by Crippen LogP contribution is 2.19. The van der Waals surface area contributed by atoms with E-state index in [0.29, 0.717) is 12.1 Å². The second kappa shape index (κ2) is 4.79. The summed E-state index contributed by atoms with van der Waals surface area (Å²) in [7, 11) is 0. The van der Waals surface area contributed by atoms with Gasteiger partial charge in [-0.25, -0.2) is 4.98 Å². The lowest BCUT2D eigenvalue weighted by Crippen LogP contribution is -2.02. The summed E-state index contributed by atoms with van der Waals surface area (Å²) in [4.78, 5) is 18.2. The van der Waals surface area contributed by atoms with Crippen molar-refractivity contribution in [3.8, 4) is 0 Å². The van der Waals surface area contributed by atoms with E-state index < -0.39 is 4.92 Å². The molecule has 6 nitrogen and oxygen atoms in total. The van der Waals surface area contributed by atoms with Crippen LogP contribution in [0.3, 0.4) is 0 Å². The topological polar surface area (TPSA) is 94.9 Å². The number of anilines is 1. The van der Waals surface area contributed by atoms with Crippen LogP contribution in [-0.2, 0) is 6.42 Å². The molecule has 0 aromatic carbocycles. The van der Waals surface area contributed by atoms with Crippen LogP contribution in [0.4, 0.5) is 11.5 Å². The zero-order chi connectivity index (χ0) is 13.1. The summed E-state index contributed by atoms with van der Waals surface area (Å²) >= 11 is 0. The van der Waals surface area contributed by atoms with Gasteiger partial charge >= 0.3 is 5.69 Å². The van der Waals surface area contributed by atoms with E-state index >= 15 is 0 Å². The van der Waals surface area contributed by atoms with Gasteiger partial charge in [-0.05, 0) is 30.7 Å². The number of nitro groups is 1. The van der Waals surface area contributed by atoms with Crippen LogP contribution in [0.5, 0.6) is 0 Å². The molecule has 2 heterocycles. The van der Waals surface area contributed by atoms with Crippen LogP contribution in [0.1, 0.15) is 17.0 Å². The predicted octanol–water partition coefficient (Wildman–Crippen LogP) is 1.87. The highest BCUT2D eigenvalue weighted by molar-refractivity contribution is 5.52. The van der Waals surface area contributed by atoms with Crippen molar-refractivity contribution in [1.82, 2.24) is 9.97 Å². The molecule has 0 amide bonds. The number of hydrogen-bond acceptors (Lipinski definition) is 5. The number of nitrogens with two attached hydrogens (primary N) is 1. The van der Waals surface area contributed by atoms with Gasteiger partial charge in [0.1, 0.15) is 0 Å². The summed E-state index contributed by atoms with van der Waals surface area (Å²) in [6.45, 7) is 1.90. The maximum absolute atomic E-state index is 10.6. The summed E-state index contributed by atoms with van der Waals surface area (Å²) in [5, 5.41) is 10.6. The van der Waals surface area contributed by atoms with Gasteiger partial charge in [0.15, 0.2) is 0 Å². The minimum absolute atomic E-state index is 0.0525. The molecule has 0 bridgehead atoms. The molecule has 0 spiro atoms. The third-order valence-corrected chi connectivity index (χ3v) is 2.50. The van der Waals surface area contributed by atoms with Crippen LogP contribution in [-0.4, -0.2) is 14.9 Å². The molecule has 0 radical (unpaired) electrons. The summed E-state index contributed by atoms with van der Waals surface area (Å²) < 4.78 is 0. The first-order valence-corrected chi connectivity index (χ1v) is 5.37. The second-order valence-corrected chi connectivity index (χ2v) is 3.95. The van der Waals surface area contributed by atoms with Gasteiger partial charge in [-0.2, -0.15) is 0 Å². The van der Waals surface area contributed by atoms with Crippen molar-refractivity contribution < 1.29 is 4.92 Å². The minimum atomic E-state index is -0.539. The van der Waals surface area contributed by atoms with Crippen molar-refractivity contribution in [2.45, 2.75) is 13.3 Å². The molecule has 0 unspecified atom stereocenters. The van der Waals surface area contributed by atoms with Gasteiger partial charge in [-0.15, -0.1) is 0 Å². The van der Waals surface area contributed by atoms with E-state index in [0.717, 1.165) is 11.3 Å². The molecular weight excluding hydrogens is 232 g/mol. The number of rotatable bonds is 3. The molecular formula is C12H12N4O2. The Bertz CT molecular complexity index is 598. The van der Waals surface area contributed by atoms with Crippen molar-refractivity contribution >= 4 is 11.5 Å². The number of nitrogens with zero attached hydrogens (tertiary/aromatic N) is 3. The zero-order valence-corrected chi connectivity index (χ0v) is 9.83. The fourth-order valence-corrected chi connectivity index (χ4v) is 1.69. The highest BCUT2D eigenvalue weighted by Gasteiger charge is 2.12. The average molecular weight is 244 g/mol. The maximum Gasteiger partial charge on any atom is 0.311 e. The molecule has 0 aliphatic rings. The molecule has 2 aromatic heterocycles. The lowest BCUT2D eigenvalue weighted by molar-refractivity contribution is -0.384. The predicted molar refractivity (Wildman–Crippen MR) is 67.1 cm³/mol. The summed E-state index contributed by atoms with van der Waals surface area (Å²) in [6.07, 6.45) is 2.30. The van der Waals surface area contributed by atoms with Gasteiger partial charge in [0.2, 0.25) is 5.82 Å². The van der Waals surface area contributed by atoms with E-state index in [-0.39, 0.29) is 11.5 Å². The third kappa shape index (κ3) is 2.60. The molecule has 2 N–H and O–H groups in total. The first-order valence-electron chi connectivity index (χ1n) is 5.37. The molecule has 6 heteroatoms. The zero-order valence-electron chi connectivity index (χ0n) is 9.83. The normalized spacial score (nSPS) is 10.3. The first-order chi connectivity index (χ1) is 8.56. The summed E-state index contributed by atoms with van der Waals surface area (Å²) in [5.41, 5.74) is 8.04. The van der Waals surface area contributed by atoms with Crippen LogP contribution >= 0.6 is 0 Å². The Morgan fingerprint density at radius 1 is 1.39 bits per heavy atom. The van der Waals surface area contributed by atoms with Gasteiger partial charge in [-0.1, -0.05) is 0 Å². The van der Waals surface area contributed by atoms with Crippen LogP contribution in [0.2, 0.25) is 0 Å². The maximum atomic E-state index is 10.6. The van der Waals surface area contributed by atoms with Crippen LogP contribution in [0, 0.1) is 17.0 Å². The van der Waals surface area contributed by atoms with E-state index in [2.05, 4.69) is 9.97 Å². The molecule has 0 aliphatic heterocycles. The van der Waals surface area contributed by atoms with Crippen LogP contribution in [0.15, 0.2) is 30.5 Å². The molecule has 0 saturated heterocycles. The second-order valence-electron chi connectivity index (χ2n) is 3.95. The smallest absolute Gasteiger partial charge is 0.311 e. The number of pyridine rings is 2. The largest absolute Gasteiger partial charge is 0.378 e. The number of hydrogen-bond donors (Lipinski definition) is 1. The van der Waals surface area contributed by atoms with E-state index in [4.69, 9.17) is 5.73 Å². The SMILES string of the molecule is Cc1cc(Cc2ccc([N+](=O)[O-])c(N)n2)ccn1. The summed E-state index contributed by atoms with van der Waals surface area (Å²) in [6, 6.07) is 6.82. The number of aromatic nitrogens is 2. The van der Waals surface area contributed by atoms with E-state index in [1.807, 2.05) is 19.1 Å². The van der Waals surface area contributed by atoms with Gasteiger partial charge in [0, 0.05) is 30.1 Å². The molecule has 0 fully saturated rings. The first kappa shape index (κ1) is 12.0. The highest BCUT2D eigenvalue weighted by atomic mass is 16.6. The van der Waals surface area contributed by atoms with Crippen molar-refractivity contribution in [3.05, 3.63) is 57.5 Å². The monoisotopic (exact) mass is 244 g/mol. The lowest BCUT2D eigenvalue weighted by atomic mass is 10.1. The van der Waals surface area contributed by atoms with Crippen molar-refractivity contribution in [2.75, 3.05) is 5.73 Å². The lowest BCUT2D eigenvalue weighted by Gasteiger charge is -2.03. The fraction of sp³-hybridized carbons (Fsp3) is 0.167. The Balaban J connectivity index is 2.25. The molecule has 0 saturated carbocycles.